The van der Waals surface area contributed by atoms with Gasteiger partial charge in [0.15, 0.2) is 0 Å². The molecule has 1 saturated heterocycles. The highest BCUT2D eigenvalue weighted by Gasteiger charge is 2.34. The number of ether oxygens (including phenoxy) is 1. The monoisotopic (exact) mass is 283 g/mol. The Morgan fingerprint density at radius 3 is 2.78 bits per heavy atom. The van der Waals surface area contributed by atoms with E-state index in [-0.39, 0.29) is 11.1 Å². The first-order valence-corrected chi connectivity index (χ1v) is 7.06. The smallest absolute Gasteiger partial charge is 0.293 e. The molecular weight excluding hydrogens is 270 g/mol. The lowest BCUT2D eigenvalue weighted by Gasteiger charge is -2.10. The van der Waals surface area contributed by atoms with Gasteiger partial charge < -0.3 is 4.74 Å². The summed E-state index contributed by atoms with van der Waals surface area (Å²) in [5, 5.41) is -0.225. The number of hydrogen-bond acceptors (Lipinski definition) is 5. The first-order valence-electron chi connectivity index (χ1n) is 5.42. The lowest BCUT2D eigenvalue weighted by atomic mass is 10.3. The van der Waals surface area contributed by atoms with Gasteiger partial charge in [-0.25, -0.2) is 0 Å². The summed E-state index contributed by atoms with van der Waals surface area (Å²) in [7, 11) is 1.54. The van der Waals surface area contributed by atoms with E-state index in [4.69, 9.17) is 4.74 Å². The van der Waals surface area contributed by atoms with Crippen molar-refractivity contribution in [1.82, 2.24) is 4.90 Å². The summed E-state index contributed by atoms with van der Waals surface area (Å²) in [6, 6.07) is 3.94. The van der Waals surface area contributed by atoms with Crippen LogP contribution in [-0.4, -0.2) is 36.3 Å². The van der Waals surface area contributed by atoms with Gasteiger partial charge in [0.25, 0.3) is 11.1 Å². The molecule has 0 bridgehead atoms. The van der Waals surface area contributed by atoms with Crippen LogP contribution in [-0.2, 0) is 9.53 Å². The van der Waals surface area contributed by atoms with E-state index in [1.54, 1.807) is 24.5 Å². The maximum atomic E-state index is 12.0. The Kier molecular flexibility index (Phi) is 4.21. The Morgan fingerprint density at radius 2 is 2.17 bits per heavy atom. The lowest BCUT2D eigenvalue weighted by molar-refractivity contribution is -0.123. The average Bonchev–Trinajstić information content (AvgIpc) is 2.84. The third-order valence-corrected chi connectivity index (χ3v) is 4.28. The number of amides is 2. The van der Waals surface area contributed by atoms with Gasteiger partial charge in [-0.05, 0) is 36.9 Å². The topological polar surface area (TPSA) is 46.6 Å². The molecule has 2 amide bonds. The summed E-state index contributed by atoms with van der Waals surface area (Å²) in [5.74, 6) is -0.229. The molecule has 0 aliphatic carbocycles. The molecule has 0 aromatic carbocycles. The van der Waals surface area contributed by atoms with Gasteiger partial charge in [0.05, 0.1) is 18.1 Å². The van der Waals surface area contributed by atoms with Gasteiger partial charge in [0, 0.05) is 16.9 Å². The third-order valence-electron chi connectivity index (χ3n) is 2.43. The first kappa shape index (κ1) is 13.3. The summed E-state index contributed by atoms with van der Waals surface area (Å²) in [6.07, 6.45) is 1.77. The van der Waals surface area contributed by atoms with E-state index >= 15 is 0 Å². The molecule has 1 aliphatic heterocycles. The zero-order valence-electron chi connectivity index (χ0n) is 10.1. The Bertz CT molecular complexity index is 507. The Balaban J connectivity index is 2.14. The molecular formula is C12H13NO3S2. The van der Waals surface area contributed by atoms with Crippen LogP contribution in [0.2, 0.25) is 0 Å². The standard InChI is InChI=1S/C12H13NO3S2/c1-8-3-4-9(17-8)7-10-11(14)13(5-6-16-2)12(15)18-10/h3-4,7H,5-6H2,1-2H3/b10-7+. The zero-order valence-corrected chi connectivity index (χ0v) is 11.8. The molecule has 0 radical (unpaired) electrons. The van der Waals surface area contributed by atoms with Crippen molar-refractivity contribution in [2.45, 2.75) is 6.92 Å². The maximum Gasteiger partial charge on any atom is 0.293 e. The van der Waals surface area contributed by atoms with Crippen molar-refractivity contribution < 1.29 is 14.3 Å². The number of carbonyl (C=O) groups is 2. The maximum absolute atomic E-state index is 12.0. The van der Waals surface area contributed by atoms with Crippen LogP contribution >= 0.6 is 23.1 Å². The van der Waals surface area contributed by atoms with Gasteiger partial charge in [-0.1, -0.05) is 0 Å². The molecule has 0 unspecified atom stereocenters. The van der Waals surface area contributed by atoms with Crippen LogP contribution in [0.15, 0.2) is 17.0 Å². The Labute approximate surface area is 114 Å². The molecule has 1 aliphatic rings. The Morgan fingerprint density at radius 1 is 1.39 bits per heavy atom. The number of aryl methyl sites for hydroxylation is 1. The van der Waals surface area contributed by atoms with Gasteiger partial charge >= 0.3 is 0 Å². The second-order valence-corrected chi connectivity index (χ2v) is 6.09. The van der Waals surface area contributed by atoms with E-state index in [9.17, 15) is 9.59 Å². The summed E-state index contributed by atoms with van der Waals surface area (Å²) >= 11 is 2.59. The quantitative estimate of drug-likeness (QED) is 0.797. The zero-order chi connectivity index (χ0) is 13.1. The van der Waals surface area contributed by atoms with Crippen LogP contribution in [0.3, 0.4) is 0 Å². The molecule has 1 aromatic heterocycles. The summed E-state index contributed by atoms with van der Waals surface area (Å²) in [6.45, 7) is 2.68. The van der Waals surface area contributed by atoms with E-state index in [2.05, 4.69) is 0 Å². The van der Waals surface area contributed by atoms with Gasteiger partial charge in [-0.15, -0.1) is 11.3 Å². The van der Waals surface area contributed by atoms with Crippen molar-refractivity contribution in [2.75, 3.05) is 20.3 Å². The van der Waals surface area contributed by atoms with Gasteiger partial charge in [0.2, 0.25) is 0 Å². The molecule has 96 valence electrons. The molecule has 0 saturated carbocycles. The van der Waals surface area contributed by atoms with Crippen LogP contribution in [0, 0.1) is 6.92 Å². The first-order chi connectivity index (χ1) is 8.61. The number of imide groups is 1. The van der Waals surface area contributed by atoms with Crippen LogP contribution in [0.1, 0.15) is 9.75 Å². The van der Waals surface area contributed by atoms with Crippen LogP contribution in [0.4, 0.5) is 4.79 Å². The highest BCUT2D eigenvalue weighted by Crippen LogP contribution is 2.33. The van der Waals surface area contributed by atoms with Crippen molar-refractivity contribution in [3.05, 3.63) is 26.8 Å². The molecule has 2 rings (SSSR count). The average molecular weight is 283 g/mol. The van der Waals surface area contributed by atoms with Crippen molar-refractivity contribution in [3.63, 3.8) is 0 Å². The summed E-state index contributed by atoms with van der Waals surface area (Å²) in [4.78, 5) is 27.5. The molecule has 2 heterocycles. The van der Waals surface area contributed by atoms with E-state index in [0.29, 0.717) is 18.1 Å². The minimum absolute atomic E-state index is 0.225. The molecule has 0 atom stereocenters. The molecule has 4 nitrogen and oxygen atoms in total. The van der Waals surface area contributed by atoms with Crippen LogP contribution < -0.4 is 0 Å². The van der Waals surface area contributed by atoms with Gasteiger partial charge in [0.1, 0.15) is 0 Å². The number of thioether (sulfide) groups is 1. The van der Waals surface area contributed by atoms with Crippen molar-refractivity contribution in [2.24, 2.45) is 0 Å². The number of carbonyl (C=O) groups excluding carboxylic acids is 2. The van der Waals surface area contributed by atoms with E-state index in [0.717, 1.165) is 16.6 Å². The molecule has 6 heteroatoms. The minimum Gasteiger partial charge on any atom is -0.383 e. The highest BCUT2D eigenvalue weighted by molar-refractivity contribution is 8.18. The third kappa shape index (κ3) is 2.82. The van der Waals surface area contributed by atoms with Crippen molar-refractivity contribution in [1.29, 1.82) is 0 Å². The fraction of sp³-hybridized carbons (Fsp3) is 0.333. The fourth-order valence-electron chi connectivity index (χ4n) is 1.54. The number of methoxy groups -OCH3 is 1. The van der Waals surface area contributed by atoms with Crippen LogP contribution in [0.25, 0.3) is 6.08 Å². The molecule has 0 N–H and O–H groups in total. The van der Waals surface area contributed by atoms with E-state index in [1.165, 1.54) is 9.78 Å². The van der Waals surface area contributed by atoms with E-state index in [1.807, 2.05) is 19.1 Å². The van der Waals surface area contributed by atoms with Gasteiger partial charge in [-0.2, -0.15) is 0 Å². The number of hydrogen-bond donors (Lipinski definition) is 0. The summed E-state index contributed by atoms with van der Waals surface area (Å²) in [5.41, 5.74) is 0. The predicted octanol–water partition coefficient (Wildman–Crippen LogP) is 2.74. The normalized spacial score (nSPS) is 18.1. The lowest BCUT2D eigenvalue weighted by Crippen LogP contribution is -2.31. The minimum atomic E-state index is -0.229. The van der Waals surface area contributed by atoms with Crippen molar-refractivity contribution in [3.8, 4) is 0 Å². The molecule has 18 heavy (non-hydrogen) atoms. The highest BCUT2D eigenvalue weighted by atomic mass is 32.2. The largest absolute Gasteiger partial charge is 0.383 e. The molecule has 0 spiro atoms. The van der Waals surface area contributed by atoms with Gasteiger partial charge in [-0.3, -0.25) is 14.5 Å². The predicted molar refractivity (Wildman–Crippen MR) is 73.6 cm³/mol. The molecule has 1 aromatic rings. The molecule has 1 fully saturated rings. The number of thiophene rings is 1. The van der Waals surface area contributed by atoms with Crippen molar-refractivity contribution >= 4 is 40.3 Å². The Hall–Kier alpha value is -1.11. The number of nitrogens with zero attached hydrogens (tertiary/aromatic N) is 1. The number of rotatable bonds is 4. The fourth-order valence-corrected chi connectivity index (χ4v) is 3.29. The summed E-state index contributed by atoms with van der Waals surface area (Å²) < 4.78 is 4.88. The second kappa shape index (κ2) is 5.69. The SMILES string of the molecule is COCCN1C(=O)S/C(=C/c2ccc(C)s2)C1=O. The van der Waals surface area contributed by atoms with E-state index < -0.39 is 0 Å². The second-order valence-electron chi connectivity index (χ2n) is 3.77. The van der Waals surface area contributed by atoms with Crippen LogP contribution in [0.5, 0.6) is 0 Å².